The number of aromatic nitrogens is 1. The summed E-state index contributed by atoms with van der Waals surface area (Å²) in [4.78, 5) is 10.2. The Bertz CT molecular complexity index is 598. The third kappa shape index (κ3) is 1.28. The molecule has 0 aliphatic carbocycles. The number of hydrogen-bond acceptors (Lipinski definition) is 6. The molecule has 6 nitrogen and oxygen atoms in total. The number of nitriles is 1. The number of non-ortho nitro benzene ring substituents is 1. The molecule has 0 saturated carbocycles. The Labute approximate surface area is 87.9 Å². The number of hydrogen-bond donors (Lipinski definition) is 1. The zero-order chi connectivity index (χ0) is 11.0. The smallest absolute Gasteiger partial charge is 0.290 e. The molecular weight excluding hydrogens is 216 g/mol. The molecule has 0 unspecified atom stereocenters. The van der Waals surface area contributed by atoms with Crippen LogP contribution in [0.1, 0.15) is 5.56 Å². The third-order valence-corrected chi connectivity index (χ3v) is 2.80. The molecule has 0 fully saturated rings. The highest BCUT2D eigenvalue weighted by Gasteiger charge is 2.19. The predicted molar refractivity (Wildman–Crippen MR) is 55.4 cm³/mol. The molecule has 0 saturated heterocycles. The van der Waals surface area contributed by atoms with Crippen molar-refractivity contribution in [1.82, 2.24) is 4.37 Å². The average molecular weight is 220 g/mol. The minimum atomic E-state index is -0.541. The lowest BCUT2D eigenvalue weighted by Crippen LogP contribution is -1.95. The van der Waals surface area contributed by atoms with Gasteiger partial charge in [0.15, 0.2) is 0 Å². The van der Waals surface area contributed by atoms with Crippen LogP contribution in [0.25, 0.3) is 10.1 Å². The highest BCUT2D eigenvalue weighted by atomic mass is 32.1. The third-order valence-electron chi connectivity index (χ3n) is 1.98. The SMILES string of the molecule is N#Cc1cc([N+](=O)[O-])c2sncc2c1N. The molecule has 0 aliphatic heterocycles. The molecule has 7 heteroatoms. The molecule has 0 bridgehead atoms. The van der Waals surface area contributed by atoms with Gasteiger partial charge in [0.2, 0.25) is 0 Å². The van der Waals surface area contributed by atoms with Crippen molar-refractivity contribution in [3.05, 3.63) is 27.9 Å². The fourth-order valence-electron chi connectivity index (χ4n) is 1.27. The van der Waals surface area contributed by atoms with E-state index in [1.54, 1.807) is 0 Å². The first-order valence-electron chi connectivity index (χ1n) is 3.86. The fourth-order valence-corrected chi connectivity index (χ4v) is 2.02. The quantitative estimate of drug-likeness (QED) is 0.446. The van der Waals surface area contributed by atoms with Gasteiger partial charge in [-0.2, -0.15) is 9.64 Å². The minimum Gasteiger partial charge on any atom is -0.397 e. The summed E-state index contributed by atoms with van der Waals surface area (Å²) in [5.41, 5.74) is 5.89. The first kappa shape index (κ1) is 9.36. The highest BCUT2D eigenvalue weighted by Crippen LogP contribution is 2.35. The summed E-state index contributed by atoms with van der Waals surface area (Å²) in [6.45, 7) is 0. The number of nitrogens with zero attached hydrogens (tertiary/aromatic N) is 3. The lowest BCUT2D eigenvalue weighted by atomic mass is 10.1. The van der Waals surface area contributed by atoms with Crippen LogP contribution < -0.4 is 5.73 Å². The van der Waals surface area contributed by atoms with Crippen LogP contribution in [-0.2, 0) is 0 Å². The Balaban J connectivity index is 2.94. The van der Waals surface area contributed by atoms with Gasteiger partial charge in [-0.1, -0.05) is 0 Å². The number of fused-ring (bicyclic) bond motifs is 1. The second-order valence-corrected chi connectivity index (χ2v) is 3.60. The van der Waals surface area contributed by atoms with Gasteiger partial charge in [0.25, 0.3) is 5.69 Å². The fraction of sp³-hybridized carbons (Fsp3) is 0. The van der Waals surface area contributed by atoms with Gasteiger partial charge in [-0.15, -0.1) is 0 Å². The second kappa shape index (κ2) is 3.18. The normalized spacial score (nSPS) is 10.1. The van der Waals surface area contributed by atoms with E-state index in [-0.39, 0.29) is 16.9 Å². The van der Waals surface area contributed by atoms with Crippen LogP contribution in [-0.4, -0.2) is 9.30 Å². The van der Waals surface area contributed by atoms with Crippen molar-refractivity contribution in [2.75, 3.05) is 5.73 Å². The summed E-state index contributed by atoms with van der Waals surface area (Å²) in [5, 5.41) is 19.9. The predicted octanol–water partition coefficient (Wildman–Crippen LogP) is 1.66. The number of anilines is 1. The van der Waals surface area contributed by atoms with Crippen molar-refractivity contribution >= 4 is 33.0 Å². The number of nitro benzene ring substituents is 1. The lowest BCUT2D eigenvalue weighted by molar-refractivity contribution is -0.382. The number of nitrogens with two attached hydrogens (primary N) is 1. The van der Waals surface area contributed by atoms with Crippen molar-refractivity contribution < 1.29 is 4.92 Å². The molecule has 2 N–H and O–H groups in total. The van der Waals surface area contributed by atoms with Crippen LogP contribution in [0.5, 0.6) is 0 Å². The minimum absolute atomic E-state index is 0.106. The maximum Gasteiger partial charge on any atom is 0.290 e. The maximum absolute atomic E-state index is 10.7. The summed E-state index contributed by atoms with van der Waals surface area (Å²) < 4.78 is 4.23. The van der Waals surface area contributed by atoms with Crippen LogP contribution in [0.4, 0.5) is 11.4 Å². The van der Waals surface area contributed by atoms with Gasteiger partial charge in [-0.3, -0.25) is 10.1 Å². The van der Waals surface area contributed by atoms with E-state index in [4.69, 9.17) is 11.0 Å². The summed E-state index contributed by atoms with van der Waals surface area (Å²) in [6, 6.07) is 3.00. The number of benzene rings is 1. The van der Waals surface area contributed by atoms with E-state index in [0.717, 1.165) is 11.5 Å². The van der Waals surface area contributed by atoms with E-state index in [1.807, 2.05) is 6.07 Å². The Kier molecular flexibility index (Phi) is 1.98. The molecule has 0 amide bonds. The van der Waals surface area contributed by atoms with Gasteiger partial charge in [0, 0.05) is 11.5 Å². The number of nitrogen functional groups attached to an aromatic ring is 1. The molecule has 1 aromatic carbocycles. The molecule has 0 radical (unpaired) electrons. The molecule has 2 aromatic rings. The monoisotopic (exact) mass is 220 g/mol. The van der Waals surface area contributed by atoms with Crippen molar-refractivity contribution in [2.24, 2.45) is 0 Å². The molecule has 0 aliphatic rings. The zero-order valence-electron chi connectivity index (χ0n) is 7.30. The summed E-state index contributed by atoms with van der Waals surface area (Å²) >= 11 is 0.995. The van der Waals surface area contributed by atoms with Crippen LogP contribution in [0.15, 0.2) is 12.3 Å². The standard InChI is InChI=1S/C8H4N4O2S/c9-2-4-1-6(12(13)14)8-5(7(4)10)3-11-15-8/h1,3H,10H2. The van der Waals surface area contributed by atoms with E-state index < -0.39 is 4.92 Å². The van der Waals surface area contributed by atoms with Gasteiger partial charge < -0.3 is 5.73 Å². The van der Waals surface area contributed by atoms with E-state index >= 15 is 0 Å². The van der Waals surface area contributed by atoms with Crippen molar-refractivity contribution in [3.63, 3.8) is 0 Å². The number of nitro groups is 1. The first-order chi connectivity index (χ1) is 7.15. The Morgan fingerprint density at radius 3 is 3.00 bits per heavy atom. The second-order valence-electron chi connectivity index (χ2n) is 2.79. The van der Waals surface area contributed by atoms with Crippen molar-refractivity contribution in [2.45, 2.75) is 0 Å². The van der Waals surface area contributed by atoms with E-state index in [0.29, 0.717) is 10.1 Å². The van der Waals surface area contributed by atoms with E-state index in [9.17, 15) is 10.1 Å². The highest BCUT2D eigenvalue weighted by molar-refractivity contribution is 7.14. The molecule has 15 heavy (non-hydrogen) atoms. The van der Waals surface area contributed by atoms with E-state index in [1.165, 1.54) is 12.3 Å². The van der Waals surface area contributed by atoms with Gasteiger partial charge >= 0.3 is 0 Å². The van der Waals surface area contributed by atoms with Crippen LogP contribution in [0.2, 0.25) is 0 Å². The van der Waals surface area contributed by atoms with Crippen LogP contribution in [0, 0.1) is 21.4 Å². The van der Waals surface area contributed by atoms with Gasteiger partial charge in [-0.25, -0.2) is 0 Å². The van der Waals surface area contributed by atoms with Gasteiger partial charge in [0.1, 0.15) is 10.8 Å². The Hall–Kier alpha value is -2.20. The van der Waals surface area contributed by atoms with Gasteiger partial charge in [0.05, 0.1) is 22.4 Å². The molecule has 1 heterocycles. The van der Waals surface area contributed by atoms with Crippen molar-refractivity contribution in [3.8, 4) is 6.07 Å². The van der Waals surface area contributed by atoms with Crippen LogP contribution >= 0.6 is 11.5 Å². The summed E-state index contributed by atoms with van der Waals surface area (Å²) in [6.07, 6.45) is 1.43. The summed E-state index contributed by atoms with van der Waals surface area (Å²) in [5.74, 6) is 0. The average Bonchev–Trinajstić information content (AvgIpc) is 2.67. The number of rotatable bonds is 1. The maximum atomic E-state index is 10.7. The largest absolute Gasteiger partial charge is 0.397 e. The lowest BCUT2D eigenvalue weighted by Gasteiger charge is -1.99. The van der Waals surface area contributed by atoms with Crippen molar-refractivity contribution in [1.29, 1.82) is 5.26 Å². The molecule has 1 aromatic heterocycles. The summed E-state index contributed by atoms with van der Waals surface area (Å²) in [7, 11) is 0. The Morgan fingerprint density at radius 2 is 2.40 bits per heavy atom. The Morgan fingerprint density at radius 1 is 1.67 bits per heavy atom. The molecule has 0 atom stereocenters. The van der Waals surface area contributed by atoms with E-state index in [2.05, 4.69) is 4.37 Å². The first-order valence-corrected chi connectivity index (χ1v) is 4.64. The molecule has 74 valence electrons. The molecule has 2 rings (SSSR count). The van der Waals surface area contributed by atoms with Gasteiger partial charge in [-0.05, 0) is 11.5 Å². The molecule has 0 spiro atoms. The molecular formula is C8H4N4O2S. The van der Waals surface area contributed by atoms with Crippen LogP contribution in [0.3, 0.4) is 0 Å². The topological polar surface area (TPSA) is 106 Å². The zero-order valence-corrected chi connectivity index (χ0v) is 8.11.